The fourth-order valence-electron chi connectivity index (χ4n) is 1.86. The minimum absolute atomic E-state index is 0.172. The van der Waals surface area contributed by atoms with Crippen LogP contribution in [0.1, 0.15) is 40.0 Å². The van der Waals surface area contributed by atoms with Crippen LogP contribution in [0, 0.1) is 5.41 Å². The monoisotopic (exact) mass is 274 g/mol. The Labute approximate surface area is 114 Å². The normalized spacial score (nSPS) is 24.0. The number of thioether (sulfide) groups is 1. The molecule has 1 saturated heterocycles. The van der Waals surface area contributed by atoms with Crippen LogP contribution in [0.4, 0.5) is 4.79 Å². The molecule has 0 aromatic heterocycles. The van der Waals surface area contributed by atoms with E-state index in [9.17, 15) is 9.90 Å². The largest absolute Gasteiger partial charge is 0.387 e. The molecule has 0 aromatic carbocycles. The van der Waals surface area contributed by atoms with Gasteiger partial charge in [0.1, 0.15) is 0 Å². The lowest BCUT2D eigenvalue weighted by molar-refractivity contribution is 0.0700. The first kappa shape index (κ1) is 15.6. The summed E-state index contributed by atoms with van der Waals surface area (Å²) in [7, 11) is 0. The lowest BCUT2D eigenvalue weighted by atomic mass is 9.91. The van der Waals surface area contributed by atoms with Crippen molar-refractivity contribution in [3.8, 4) is 0 Å². The van der Waals surface area contributed by atoms with Crippen LogP contribution in [-0.2, 0) is 0 Å². The highest BCUT2D eigenvalue weighted by Crippen LogP contribution is 2.26. The number of nitrogens with one attached hydrogen (secondary N) is 2. The summed E-state index contributed by atoms with van der Waals surface area (Å²) in [6.07, 6.45) is 2.84. The highest BCUT2D eigenvalue weighted by atomic mass is 32.2. The standard InChI is InChI=1S/C13H26N2O2S/c1-12(2,3)5-4-7-14-11(16)15-9-13(17)6-8-18-10-13/h17H,4-10H2,1-3H3,(H2,14,15,16)/t13-/m1/s1. The number of aliphatic hydroxyl groups is 1. The van der Waals surface area contributed by atoms with E-state index in [1.54, 1.807) is 11.8 Å². The third-order valence-corrected chi connectivity index (χ3v) is 4.28. The van der Waals surface area contributed by atoms with Crippen molar-refractivity contribution in [2.75, 3.05) is 24.6 Å². The predicted molar refractivity (Wildman–Crippen MR) is 77.0 cm³/mol. The number of hydrogen-bond donors (Lipinski definition) is 3. The van der Waals surface area contributed by atoms with Gasteiger partial charge in [-0.2, -0.15) is 11.8 Å². The van der Waals surface area contributed by atoms with E-state index in [-0.39, 0.29) is 6.03 Å². The molecule has 0 spiro atoms. The first-order valence-corrected chi connectivity index (χ1v) is 7.78. The topological polar surface area (TPSA) is 61.4 Å². The zero-order valence-corrected chi connectivity index (χ0v) is 12.5. The second-order valence-corrected chi connectivity index (χ2v) is 7.41. The molecule has 1 rings (SSSR count). The lowest BCUT2D eigenvalue weighted by Gasteiger charge is -2.22. The fraction of sp³-hybridized carbons (Fsp3) is 0.923. The summed E-state index contributed by atoms with van der Waals surface area (Å²) in [5.74, 6) is 1.70. The summed E-state index contributed by atoms with van der Waals surface area (Å²) in [5.41, 5.74) is -0.387. The smallest absolute Gasteiger partial charge is 0.314 e. The molecule has 1 atom stereocenters. The summed E-state index contributed by atoms with van der Waals surface area (Å²) >= 11 is 1.74. The van der Waals surface area contributed by atoms with Crippen LogP contribution in [0.5, 0.6) is 0 Å². The molecule has 5 heteroatoms. The van der Waals surface area contributed by atoms with E-state index in [2.05, 4.69) is 31.4 Å². The van der Waals surface area contributed by atoms with Gasteiger partial charge < -0.3 is 15.7 Å². The highest BCUT2D eigenvalue weighted by Gasteiger charge is 2.31. The average Bonchev–Trinajstić information content (AvgIpc) is 2.68. The van der Waals surface area contributed by atoms with Crippen LogP contribution in [-0.4, -0.2) is 41.3 Å². The maximum absolute atomic E-state index is 11.5. The van der Waals surface area contributed by atoms with Gasteiger partial charge in [-0.05, 0) is 30.4 Å². The van der Waals surface area contributed by atoms with Gasteiger partial charge in [-0.1, -0.05) is 20.8 Å². The van der Waals surface area contributed by atoms with E-state index in [0.29, 0.717) is 18.5 Å². The number of carbonyl (C=O) groups is 1. The molecule has 0 radical (unpaired) electrons. The Bertz CT molecular complexity index is 271. The van der Waals surface area contributed by atoms with E-state index in [1.807, 2.05) is 0 Å². The highest BCUT2D eigenvalue weighted by molar-refractivity contribution is 7.99. The third-order valence-electron chi connectivity index (χ3n) is 3.05. The Morgan fingerprint density at radius 3 is 2.67 bits per heavy atom. The van der Waals surface area contributed by atoms with E-state index in [1.165, 1.54) is 0 Å². The second kappa shape index (κ2) is 6.66. The lowest BCUT2D eigenvalue weighted by Crippen LogP contribution is -2.46. The molecule has 0 aromatic rings. The number of hydrogen-bond acceptors (Lipinski definition) is 3. The van der Waals surface area contributed by atoms with Crippen molar-refractivity contribution in [2.24, 2.45) is 5.41 Å². The zero-order chi connectivity index (χ0) is 13.6. The van der Waals surface area contributed by atoms with Gasteiger partial charge in [0, 0.05) is 18.8 Å². The van der Waals surface area contributed by atoms with Crippen LogP contribution in [0.25, 0.3) is 0 Å². The second-order valence-electron chi connectivity index (χ2n) is 6.30. The SMILES string of the molecule is CC(C)(C)CCCNC(=O)NC[C@]1(O)CCSC1. The van der Waals surface area contributed by atoms with E-state index >= 15 is 0 Å². The molecule has 3 N–H and O–H groups in total. The Kier molecular flexibility index (Phi) is 5.79. The molecule has 1 heterocycles. The molecule has 18 heavy (non-hydrogen) atoms. The Balaban J connectivity index is 2.07. The van der Waals surface area contributed by atoms with Crippen LogP contribution in [0.15, 0.2) is 0 Å². The number of urea groups is 1. The van der Waals surface area contributed by atoms with Crippen LogP contribution >= 0.6 is 11.8 Å². The molecule has 0 unspecified atom stereocenters. The molecule has 1 aliphatic rings. The van der Waals surface area contributed by atoms with Gasteiger partial charge in [-0.15, -0.1) is 0 Å². The van der Waals surface area contributed by atoms with Gasteiger partial charge >= 0.3 is 6.03 Å². The predicted octanol–water partition coefficient (Wildman–Crippen LogP) is 1.98. The van der Waals surface area contributed by atoms with Gasteiger partial charge in [-0.25, -0.2) is 4.79 Å². The Morgan fingerprint density at radius 1 is 1.39 bits per heavy atom. The van der Waals surface area contributed by atoms with E-state index < -0.39 is 5.60 Å². The fourth-order valence-corrected chi connectivity index (χ4v) is 3.16. The molecular weight excluding hydrogens is 248 g/mol. The molecule has 0 saturated carbocycles. The van der Waals surface area contributed by atoms with Crippen molar-refractivity contribution < 1.29 is 9.90 Å². The van der Waals surface area contributed by atoms with Crippen molar-refractivity contribution in [3.63, 3.8) is 0 Å². The van der Waals surface area contributed by atoms with Gasteiger partial charge in [0.2, 0.25) is 0 Å². The molecular formula is C13H26N2O2S. The molecule has 106 valence electrons. The van der Waals surface area contributed by atoms with Gasteiger partial charge in [0.05, 0.1) is 5.60 Å². The first-order valence-electron chi connectivity index (χ1n) is 6.63. The van der Waals surface area contributed by atoms with E-state index in [4.69, 9.17) is 0 Å². The van der Waals surface area contributed by atoms with Crippen molar-refractivity contribution in [1.82, 2.24) is 10.6 Å². The molecule has 1 fully saturated rings. The maximum Gasteiger partial charge on any atom is 0.314 e. The van der Waals surface area contributed by atoms with Gasteiger partial charge in [0.25, 0.3) is 0 Å². The molecule has 1 aliphatic heterocycles. The Morgan fingerprint density at radius 2 is 2.11 bits per heavy atom. The molecule has 0 aliphatic carbocycles. The summed E-state index contributed by atoms with van der Waals surface area (Å²) in [4.78, 5) is 11.5. The van der Waals surface area contributed by atoms with Crippen molar-refractivity contribution in [1.29, 1.82) is 0 Å². The van der Waals surface area contributed by atoms with Crippen molar-refractivity contribution >= 4 is 17.8 Å². The number of carbonyl (C=O) groups excluding carboxylic acids is 1. The first-order chi connectivity index (χ1) is 8.31. The zero-order valence-electron chi connectivity index (χ0n) is 11.7. The summed E-state index contributed by atoms with van der Waals surface area (Å²) in [6, 6.07) is -0.172. The molecule has 4 nitrogen and oxygen atoms in total. The summed E-state index contributed by atoms with van der Waals surface area (Å²) in [6.45, 7) is 7.63. The van der Waals surface area contributed by atoms with Gasteiger partial charge in [0.15, 0.2) is 0 Å². The van der Waals surface area contributed by atoms with Crippen LogP contribution in [0.3, 0.4) is 0 Å². The van der Waals surface area contributed by atoms with Crippen molar-refractivity contribution in [3.05, 3.63) is 0 Å². The number of amides is 2. The summed E-state index contributed by atoms with van der Waals surface area (Å²) < 4.78 is 0. The quantitative estimate of drug-likeness (QED) is 0.672. The Hall–Kier alpha value is -0.420. The molecule has 0 bridgehead atoms. The van der Waals surface area contributed by atoms with Gasteiger partial charge in [-0.3, -0.25) is 0 Å². The average molecular weight is 274 g/mol. The summed E-state index contributed by atoms with van der Waals surface area (Å²) in [5, 5.41) is 15.6. The number of rotatable bonds is 5. The van der Waals surface area contributed by atoms with Crippen LogP contribution in [0.2, 0.25) is 0 Å². The third kappa shape index (κ3) is 6.50. The van der Waals surface area contributed by atoms with Crippen molar-refractivity contribution in [2.45, 2.75) is 45.6 Å². The minimum atomic E-state index is -0.701. The van der Waals surface area contributed by atoms with Crippen LogP contribution < -0.4 is 10.6 Å². The maximum atomic E-state index is 11.5. The molecule has 2 amide bonds. The minimum Gasteiger partial charge on any atom is -0.387 e. The van der Waals surface area contributed by atoms with E-state index in [0.717, 1.165) is 30.8 Å².